The summed E-state index contributed by atoms with van der Waals surface area (Å²) in [6, 6.07) is 0. The molecule has 0 aromatic heterocycles. The van der Waals surface area contributed by atoms with Crippen LogP contribution < -0.4 is 0 Å². The van der Waals surface area contributed by atoms with Crippen molar-refractivity contribution in [3.8, 4) is 0 Å². The molecule has 0 N–H and O–H groups in total. The SMILES string of the molecule is [CH2]C(C)COC(=O)C=C. The molecule has 0 aliphatic heterocycles. The minimum Gasteiger partial charge on any atom is -0.462 e. The minimum absolute atomic E-state index is 0.147. The van der Waals surface area contributed by atoms with Gasteiger partial charge in [-0.3, -0.25) is 0 Å². The van der Waals surface area contributed by atoms with E-state index in [-0.39, 0.29) is 11.9 Å². The van der Waals surface area contributed by atoms with Gasteiger partial charge in [0.05, 0.1) is 6.61 Å². The Morgan fingerprint density at radius 2 is 2.44 bits per heavy atom. The lowest BCUT2D eigenvalue weighted by atomic mass is 10.2. The summed E-state index contributed by atoms with van der Waals surface area (Å²) in [5, 5.41) is 0. The summed E-state index contributed by atoms with van der Waals surface area (Å²) >= 11 is 0. The topological polar surface area (TPSA) is 26.3 Å². The van der Waals surface area contributed by atoms with Crippen molar-refractivity contribution in [2.45, 2.75) is 6.92 Å². The van der Waals surface area contributed by atoms with Crippen LogP contribution in [0.15, 0.2) is 12.7 Å². The standard InChI is InChI=1S/C7H11O2/c1-4-7(8)9-5-6(2)3/h4,6H,1-2,5H2,3H3. The van der Waals surface area contributed by atoms with Crippen LogP contribution in [0.5, 0.6) is 0 Å². The van der Waals surface area contributed by atoms with Gasteiger partial charge in [-0.1, -0.05) is 13.5 Å². The smallest absolute Gasteiger partial charge is 0.330 e. The van der Waals surface area contributed by atoms with Gasteiger partial charge in [0.2, 0.25) is 0 Å². The lowest BCUT2D eigenvalue weighted by Gasteiger charge is -2.02. The Labute approximate surface area is 55.5 Å². The number of esters is 1. The van der Waals surface area contributed by atoms with Crippen molar-refractivity contribution in [2.24, 2.45) is 5.92 Å². The first kappa shape index (κ1) is 8.21. The normalized spacial score (nSPS) is 9.22. The van der Waals surface area contributed by atoms with Crippen molar-refractivity contribution in [1.82, 2.24) is 0 Å². The van der Waals surface area contributed by atoms with Gasteiger partial charge in [0.1, 0.15) is 0 Å². The van der Waals surface area contributed by atoms with Crippen LogP contribution >= 0.6 is 0 Å². The van der Waals surface area contributed by atoms with Crippen molar-refractivity contribution in [2.75, 3.05) is 6.61 Å². The second-order valence-electron chi connectivity index (χ2n) is 1.94. The van der Waals surface area contributed by atoms with E-state index in [2.05, 4.69) is 18.2 Å². The summed E-state index contributed by atoms with van der Waals surface area (Å²) in [4.78, 5) is 10.3. The molecule has 51 valence electrons. The van der Waals surface area contributed by atoms with Gasteiger partial charge in [0.15, 0.2) is 0 Å². The van der Waals surface area contributed by atoms with Crippen LogP contribution in [0.25, 0.3) is 0 Å². The molecule has 0 heterocycles. The monoisotopic (exact) mass is 127 g/mol. The van der Waals surface area contributed by atoms with E-state index in [0.29, 0.717) is 6.61 Å². The van der Waals surface area contributed by atoms with E-state index in [1.807, 2.05) is 6.92 Å². The summed E-state index contributed by atoms with van der Waals surface area (Å²) in [6.45, 7) is 9.11. The molecule has 1 radical (unpaired) electrons. The van der Waals surface area contributed by atoms with Gasteiger partial charge in [-0.25, -0.2) is 4.79 Å². The van der Waals surface area contributed by atoms with Crippen LogP contribution in [-0.2, 0) is 9.53 Å². The molecule has 0 bridgehead atoms. The van der Waals surface area contributed by atoms with Gasteiger partial charge in [0, 0.05) is 6.08 Å². The lowest BCUT2D eigenvalue weighted by molar-refractivity contribution is -0.138. The van der Waals surface area contributed by atoms with E-state index in [4.69, 9.17) is 0 Å². The molecule has 0 aliphatic rings. The Kier molecular flexibility index (Phi) is 3.76. The Bertz CT molecular complexity index is 105. The summed E-state index contributed by atoms with van der Waals surface area (Å²) in [5.74, 6) is -0.237. The Morgan fingerprint density at radius 1 is 1.89 bits per heavy atom. The fourth-order valence-corrected chi connectivity index (χ4v) is 0.283. The second kappa shape index (κ2) is 4.13. The average Bonchev–Trinajstić information content (AvgIpc) is 1.83. The summed E-state index contributed by atoms with van der Waals surface area (Å²) < 4.78 is 4.63. The Balaban J connectivity index is 3.27. The van der Waals surface area contributed by atoms with Crippen molar-refractivity contribution < 1.29 is 9.53 Å². The molecule has 0 spiro atoms. The maximum atomic E-state index is 10.3. The Hall–Kier alpha value is -0.790. The van der Waals surface area contributed by atoms with Crippen LogP contribution in [0.4, 0.5) is 0 Å². The Morgan fingerprint density at radius 3 is 2.78 bits per heavy atom. The summed E-state index contributed by atoms with van der Waals surface area (Å²) in [5.41, 5.74) is 0. The third-order valence-corrected chi connectivity index (χ3v) is 0.677. The number of hydrogen-bond acceptors (Lipinski definition) is 2. The van der Waals surface area contributed by atoms with Crippen LogP contribution in [0.1, 0.15) is 6.92 Å². The molecule has 0 amide bonds. The van der Waals surface area contributed by atoms with E-state index in [1.165, 1.54) is 0 Å². The zero-order valence-corrected chi connectivity index (χ0v) is 5.59. The number of hydrogen-bond donors (Lipinski definition) is 0. The van der Waals surface area contributed by atoms with Crippen molar-refractivity contribution in [1.29, 1.82) is 0 Å². The second-order valence-corrected chi connectivity index (χ2v) is 1.94. The molecule has 0 aliphatic carbocycles. The van der Waals surface area contributed by atoms with Gasteiger partial charge in [-0.2, -0.15) is 0 Å². The van der Waals surface area contributed by atoms with Gasteiger partial charge in [-0.15, -0.1) is 0 Å². The predicted molar refractivity (Wildman–Crippen MR) is 35.7 cm³/mol. The summed E-state index contributed by atoms with van der Waals surface area (Å²) in [7, 11) is 0. The van der Waals surface area contributed by atoms with Crippen LogP contribution in [0.2, 0.25) is 0 Å². The fraction of sp³-hybridized carbons (Fsp3) is 0.429. The quantitative estimate of drug-likeness (QED) is 0.420. The zero-order chi connectivity index (χ0) is 7.28. The molecule has 2 nitrogen and oxygen atoms in total. The molecule has 0 rings (SSSR count). The number of carbonyl (C=O) groups is 1. The largest absolute Gasteiger partial charge is 0.462 e. The molecular formula is C7H11O2. The predicted octanol–water partition coefficient (Wildman–Crippen LogP) is 1.19. The van der Waals surface area contributed by atoms with Gasteiger partial charge in [0.25, 0.3) is 0 Å². The number of rotatable bonds is 3. The highest BCUT2D eigenvalue weighted by Gasteiger charge is 1.96. The van der Waals surface area contributed by atoms with Crippen molar-refractivity contribution in [3.63, 3.8) is 0 Å². The molecule has 2 heteroatoms. The van der Waals surface area contributed by atoms with E-state index >= 15 is 0 Å². The van der Waals surface area contributed by atoms with Crippen molar-refractivity contribution >= 4 is 5.97 Å². The van der Waals surface area contributed by atoms with Crippen LogP contribution in [-0.4, -0.2) is 12.6 Å². The van der Waals surface area contributed by atoms with Crippen LogP contribution in [0.3, 0.4) is 0 Å². The molecule has 0 aromatic carbocycles. The first-order chi connectivity index (χ1) is 4.16. The average molecular weight is 127 g/mol. The van der Waals surface area contributed by atoms with Crippen molar-refractivity contribution in [3.05, 3.63) is 19.6 Å². The molecule has 9 heavy (non-hydrogen) atoms. The van der Waals surface area contributed by atoms with E-state index in [9.17, 15) is 4.79 Å². The molecule has 1 unspecified atom stereocenters. The van der Waals surface area contributed by atoms with Gasteiger partial charge >= 0.3 is 5.97 Å². The first-order valence-corrected chi connectivity index (χ1v) is 2.79. The highest BCUT2D eigenvalue weighted by molar-refractivity contribution is 5.81. The van der Waals surface area contributed by atoms with E-state index in [1.54, 1.807) is 0 Å². The number of carbonyl (C=O) groups excluding carboxylic acids is 1. The van der Waals surface area contributed by atoms with Crippen LogP contribution in [0, 0.1) is 12.8 Å². The first-order valence-electron chi connectivity index (χ1n) is 2.79. The maximum Gasteiger partial charge on any atom is 0.330 e. The third kappa shape index (κ3) is 5.07. The van der Waals surface area contributed by atoms with Gasteiger partial charge in [-0.05, 0) is 12.8 Å². The van der Waals surface area contributed by atoms with E-state index in [0.717, 1.165) is 6.08 Å². The number of ether oxygens (including phenoxy) is 1. The summed E-state index contributed by atoms with van der Waals surface area (Å²) in [6.07, 6.45) is 1.14. The lowest BCUT2D eigenvalue weighted by Crippen LogP contribution is -2.06. The molecule has 0 fully saturated rings. The molecule has 0 saturated heterocycles. The van der Waals surface area contributed by atoms with Gasteiger partial charge < -0.3 is 4.74 Å². The molecular weight excluding hydrogens is 116 g/mol. The molecule has 0 aromatic rings. The maximum absolute atomic E-state index is 10.3. The molecule has 0 saturated carbocycles. The fourth-order valence-electron chi connectivity index (χ4n) is 0.283. The van der Waals surface area contributed by atoms with E-state index < -0.39 is 0 Å². The highest BCUT2D eigenvalue weighted by atomic mass is 16.5. The highest BCUT2D eigenvalue weighted by Crippen LogP contribution is 1.91. The minimum atomic E-state index is -0.384. The zero-order valence-electron chi connectivity index (χ0n) is 5.59. The third-order valence-electron chi connectivity index (χ3n) is 0.677. The molecule has 1 atom stereocenters.